The lowest BCUT2D eigenvalue weighted by Gasteiger charge is -2.14. The van der Waals surface area contributed by atoms with E-state index in [0.29, 0.717) is 5.75 Å². The number of benzene rings is 1. The summed E-state index contributed by atoms with van der Waals surface area (Å²) in [6.45, 7) is 1.61. The van der Waals surface area contributed by atoms with E-state index in [1.165, 1.54) is 13.3 Å². The molecule has 2 amide bonds. The summed E-state index contributed by atoms with van der Waals surface area (Å²) < 4.78 is 11.0. The minimum absolute atomic E-state index is 0.167. The Hall–Kier alpha value is -2.23. The van der Waals surface area contributed by atoms with Gasteiger partial charge in [0.25, 0.3) is 11.8 Å². The van der Waals surface area contributed by atoms with Gasteiger partial charge in [0, 0.05) is 0 Å². The van der Waals surface area contributed by atoms with Gasteiger partial charge in [-0.3, -0.25) is 9.59 Å². The van der Waals surface area contributed by atoms with Crippen LogP contribution in [0.15, 0.2) is 35.5 Å². The van der Waals surface area contributed by atoms with Crippen molar-refractivity contribution in [2.45, 2.75) is 19.4 Å². The summed E-state index contributed by atoms with van der Waals surface area (Å²) in [5.41, 5.74) is 0.723. The van der Waals surface area contributed by atoms with E-state index < -0.39 is 12.1 Å². The Morgan fingerprint density at radius 1 is 1.25 bits per heavy atom. The van der Waals surface area contributed by atoms with Gasteiger partial charge in [-0.1, -0.05) is 12.2 Å². The first-order valence-corrected chi connectivity index (χ1v) is 10.1. The fourth-order valence-corrected chi connectivity index (χ4v) is 4.89. The molecular weight excluding hydrogens is 475 g/mol. The molecule has 1 aromatic rings. The molecule has 3 aliphatic rings. The number of carbonyl (C=O) groups excluding carboxylic acids is 3. The molecule has 0 radical (unpaired) electrons. The van der Waals surface area contributed by atoms with Crippen molar-refractivity contribution in [3.05, 3.63) is 39.5 Å². The highest BCUT2D eigenvalue weighted by Gasteiger charge is 2.59. The zero-order valence-corrected chi connectivity index (χ0v) is 17.5. The molecule has 7 nitrogen and oxygen atoms in total. The number of fused-ring (bicyclic) bond motifs is 5. The third-order valence-electron chi connectivity index (χ3n) is 5.56. The number of rotatable bonds is 5. The quantitative estimate of drug-likeness (QED) is 0.206. The molecule has 4 rings (SSSR count). The van der Waals surface area contributed by atoms with Crippen molar-refractivity contribution < 1.29 is 23.9 Å². The average Bonchev–Trinajstić information content (AvgIpc) is 3.36. The van der Waals surface area contributed by atoms with Crippen molar-refractivity contribution in [2.24, 2.45) is 28.8 Å². The van der Waals surface area contributed by atoms with Crippen molar-refractivity contribution >= 4 is 46.6 Å². The number of methoxy groups -OCH3 is 1. The molecule has 28 heavy (non-hydrogen) atoms. The molecule has 1 saturated carbocycles. The van der Waals surface area contributed by atoms with E-state index in [1.54, 1.807) is 25.1 Å². The molecule has 2 bridgehead atoms. The van der Waals surface area contributed by atoms with E-state index in [4.69, 9.17) is 4.74 Å². The summed E-state index contributed by atoms with van der Waals surface area (Å²) in [6, 6.07) is 5.28. The van der Waals surface area contributed by atoms with E-state index in [-0.39, 0.29) is 35.5 Å². The standard InChI is InChI=1S/C20H19IN2O5/c1-10(20(26)27-2)28-15-6-3-11(7-14(15)21)9-22-23-18(24)16-12-4-5-13(8-12)17(16)19(23)25/h3-7,9-10,12-13,16-17H,8H2,1-2H3/t10-,12-,13-,16-,17+/m0/s1. The van der Waals surface area contributed by atoms with Crippen molar-refractivity contribution in [1.29, 1.82) is 0 Å². The first-order chi connectivity index (χ1) is 13.4. The minimum Gasteiger partial charge on any atom is -0.478 e. The number of halogens is 1. The van der Waals surface area contributed by atoms with Crippen molar-refractivity contribution in [3.8, 4) is 5.75 Å². The maximum absolute atomic E-state index is 12.6. The van der Waals surface area contributed by atoms with Crippen LogP contribution in [0.3, 0.4) is 0 Å². The fraction of sp³-hybridized carbons (Fsp3) is 0.400. The van der Waals surface area contributed by atoms with E-state index in [9.17, 15) is 14.4 Å². The number of nitrogens with zero attached hydrogens (tertiary/aromatic N) is 2. The van der Waals surface area contributed by atoms with E-state index in [0.717, 1.165) is 20.6 Å². The van der Waals surface area contributed by atoms with Crippen LogP contribution >= 0.6 is 22.6 Å². The van der Waals surface area contributed by atoms with Gasteiger partial charge in [-0.05, 0) is 71.5 Å². The van der Waals surface area contributed by atoms with Crippen LogP contribution in [-0.2, 0) is 19.1 Å². The zero-order valence-electron chi connectivity index (χ0n) is 15.4. The minimum atomic E-state index is -0.721. The Labute approximate surface area is 175 Å². The van der Waals surface area contributed by atoms with Gasteiger partial charge in [0.15, 0.2) is 6.10 Å². The molecule has 2 fully saturated rings. The van der Waals surface area contributed by atoms with Crippen LogP contribution in [-0.4, -0.2) is 42.2 Å². The number of hydrogen-bond donors (Lipinski definition) is 0. The van der Waals surface area contributed by atoms with Gasteiger partial charge >= 0.3 is 5.97 Å². The van der Waals surface area contributed by atoms with Crippen LogP contribution in [0.4, 0.5) is 0 Å². The average molecular weight is 494 g/mol. The number of hydrazone groups is 1. The van der Waals surface area contributed by atoms with Crippen LogP contribution in [0.1, 0.15) is 18.9 Å². The molecule has 0 N–H and O–H groups in total. The van der Waals surface area contributed by atoms with Gasteiger partial charge in [-0.2, -0.15) is 10.1 Å². The van der Waals surface area contributed by atoms with Crippen LogP contribution < -0.4 is 4.74 Å². The normalized spacial score (nSPS) is 28.9. The summed E-state index contributed by atoms with van der Waals surface area (Å²) in [5.74, 6) is -0.496. The fourth-order valence-electron chi connectivity index (χ4n) is 4.22. The summed E-state index contributed by atoms with van der Waals surface area (Å²) in [5, 5.41) is 5.20. The molecule has 0 aromatic heterocycles. The molecule has 146 valence electrons. The molecule has 1 saturated heterocycles. The van der Waals surface area contributed by atoms with Crippen molar-refractivity contribution in [2.75, 3.05) is 7.11 Å². The van der Waals surface area contributed by atoms with Crippen molar-refractivity contribution in [1.82, 2.24) is 5.01 Å². The zero-order chi connectivity index (χ0) is 20.0. The number of carbonyl (C=O) groups is 3. The summed E-state index contributed by atoms with van der Waals surface area (Å²) >= 11 is 2.09. The van der Waals surface area contributed by atoms with Gasteiger partial charge < -0.3 is 9.47 Å². The molecule has 1 heterocycles. The molecule has 0 spiro atoms. The Kier molecular flexibility index (Phi) is 4.98. The van der Waals surface area contributed by atoms with Crippen LogP contribution in [0.5, 0.6) is 5.75 Å². The number of esters is 1. The van der Waals surface area contributed by atoms with Crippen LogP contribution in [0.25, 0.3) is 0 Å². The molecule has 8 heteroatoms. The maximum atomic E-state index is 12.6. The third-order valence-corrected chi connectivity index (χ3v) is 6.41. The molecule has 1 aromatic carbocycles. The monoisotopic (exact) mass is 494 g/mol. The number of imide groups is 1. The summed E-state index contributed by atoms with van der Waals surface area (Å²) in [4.78, 5) is 36.8. The largest absolute Gasteiger partial charge is 0.478 e. The second-order valence-corrected chi connectivity index (χ2v) is 8.37. The predicted molar refractivity (Wildman–Crippen MR) is 108 cm³/mol. The van der Waals surface area contributed by atoms with Gasteiger partial charge in [-0.25, -0.2) is 4.79 Å². The smallest absolute Gasteiger partial charge is 0.346 e. The highest BCUT2D eigenvalue weighted by molar-refractivity contribution is 14.1. The molecule has 5 atom stereocenters. The van der Waals surface area contributed by atoms with Gasteiger partial charge in [-0.15, -0.1) is 0 Å². The van der Waals surface area contributed by atoms with Crippen LogP contribution in [0, 0.1) is 27.2 Å². The number of ether oxygens (including phenoxy) is 2. The Balaban J connectivity index is 1.47. The van der Waals surface area contributed by atoms with Gasteiger partial charge in [0.2, 0.25) is 0 Å². The number of amides is 2. The van der Waals surface area contributed by atoms with Crippen LogP contribution in [0.2, 0.25) is 0 Å². The highest BCUT2D eigenvalue weighted by atomic mass is 127. The van der Waals surface area contributed by atoms with Gasteiger partial charge in [0.05, 0.1) is 28.7 Å². The number of hydrogen-bond acceptors (Lipinski definition) is 6. The lowest BCUT2D eigenvalue weighted by Crippen LogP contribution is -2.28. The summed E-state index contributed by atoms with van der Waals surface area (Å²) in [6.07, 6.45) is 5.79. The first-order valence-electron chi connectivity index (χ1n) is 9.05. The predicted octanol–water partition coefficient (Wildman–Crippen LogP) is 2.37. The van der Waals surface area contributed by atoms with Crippen molar-refractivity contribution in [3.63, 3.8) is 0 Å². The van der Waals surface area contributed by atoms with Gasteiger partial charge in [0.1, 0.15) is 5.75 Å². The molecule has 2 aliphatic carbocycles. The Morgan fingerprint density at radius 3 is 2.46 bits per heavy atom. The topological polar surface area (TPSA) is 85.3 Å². The second-order valence-electron chi connectivity index (χ2n) is 7.21. The number of allylic oxidation sites excluding steroid dienone is 2. The Bertz CT molecular complexity index is 882. The second kappa shape index (κ2) is 7.31. The molecular formula is C20H19IN2O5. The summed E-state index contributed by atoms with van der Waals surface area (Å²) in [7, 11) is 1.31. The van der Waals surface area contributed by atoms with E-state index >= 15 is 0 Å². The first kappa shape index (κ1) is 19.1. The SMILES string of the molecule is COC(=O)[C@H](C)Oc1ccc(C=NN2C(=O)[C@@H]3[C@H](C2=O)[C@H]2C=C[C@H]3C2)cc1I. The van der Waals surface area contributed by atoms with E-state index in [1.807, 2.05) is 0 Å². The lowest BCUT2D eigenvalue weighted by molar-refractivity contribution is -0.148. The molecule has 0 unspecified atom stereocenters. The van der Waals surface area contributed by atoms with E-state index in [2.05, 4.69) is 44.6 Å². The third kappa shape index (κ3) is 3.13. The molecule has 1 aliphatic heterocycles. The Morgan fingerprint density at radius 2 is 1.89 bits per heavy atom. The highest BCUT2D eigenvalue weighted by Crippen LogP contribution is 2.52. The maximum Gasteiger partial charge on any atom is 0.346 e. The lowest BCUT2D eigenvalue weighted by atomic mass is 9.85.